The van der Waals surface area contributed by atoms with Gasteiger partial charge < -0.3 is 4.98 Å². The second-order valence-electron chi connectivity index (χ2n) is 5.30. The average molecular weight is 288 g/mol. The van der Waals surface area contributed by atoms with Crippen molar-refractivity contribution in [2.75, 3.05) is 0 Å². The molecule has 1 aromatic carbocycles. The number of nitro groups is 1. The van der Waals surface area contributed by atoms with Gasteiger partial charge >= 0.3 is 0 Å². The summed E-state index contributed by atoms with van der Waals surface area (Å²) < 4.78 is 0. The molecule has 1 N–H and O–H groups in total. The van der Waals surface area contributed by atoms with Crippen molar-refractivity contribution in [1.29, 1.82) is 0 Å². The lowest BCUT2D eigenvalue weighted by Gasteiger charge is -2.12. The largest absolute Gasteiger partial charge is 0.360 e. The molecule has 1 aromatic heterocycles. The van der Waals surface area contributed by atoms with Crippen LogP contribution in [0.5, 0.6) is 0 Å². The van der Waals surface area contributed by atoms with Crippen molar-refractivity contribution in [1.82, 2.24) is 4.98 Å². The standard InChI is InChI=1S/C16H20N2O3/c1-3-5-6-11(4-2)16(19)14-10-17-15-9-12(18(20)21)7-8-13(14)15/h7-11,17H,3-6H2,1-2H3. The molecule has 5 nitrogen and oxygen atoms in total. The first kappa shape index (κ1) is 15.2. The maximum Gasteiger partial charge on any atom is 0.271 e. The molecule has 0 amide bonds. The van der Waals surface area contributed by atoms with Gasteiger partial charge in [0.15, 0.2) is 5.78 Å². The van der Waals surface area contributed by atoms with Gasteiger partial charge in [0.1, 0.15) is 0 Å². The number of carbonyl (C=O) groups excluding carboxylic acids is 1. The lowest BCUT2D eigenvalue weighted by Crippen LogP contribution is -2.13. The van der Waals surface area contributed by atoms with E-state index < -0.39 is 4.92 Å². The zero-order chi connectivity index (χ0) is 15.4. The van der Waals surface area contributed by atoms with Crippen molar-refractivity contribution in [2.45, 2.75) is 39.5 Å². The molecule has 21 heavy (non-hydrogen) atoms. The summed E-state index contributed by atoms with van der Waals surface area (Å²) in [5.74, 6) is 0.158. The number of aromatic amines is 1. The van der Waals surface area contributed by atoms with Crippen molar-refractivity contribution >= 4 is 22.4 Å². The Morgan fingerprint density at radius 1 is 1.38 bits per heavy atom. The Morgan fingerprint density at radius 3 is 2.76 bits per heavy atom. The van der Waals surface area contributed by atoms with Gasteiger partial charge in [-0.2, -0.15) is 0 Å². The maximum atomic E-state index is 12.6. The van der Waals surface area contributed by atoms with Crippen molar-refractivity contribution < 1.29 is 9.72 Å². The van der Waals surface area contributed by atoms with Gasteiger partial charge in [0.05, 0.1) is 10.4 Å². The fourth-order valence-electron chi connectivity index (χ4n) is 2.62. The van der Waals surface area contributed by atoms with E-state index in [4.69, 9.17) is 0 Å². The van der Waals surface area contributed by atoms with Gasteiger partial charge in [-0.3, -0.25) is 14.9 Å². The fourth-order valence-corrected chi connectivity index (χ4v) is 2.62. The van der Waals surface area contributed by atoms with Crippen molar-refractivity contribution in [3.63, 3.8) is 0 Å². The molecule has 2 rings (SSSR count). The third-order valence-corrected chi connectivity index (χ3v) is 3.91. The number of aromatic nitrogens is 1. The summed E-state index contributed by atoms with van der Waals surface area (Å²) in [5.41, 5.74) is 1.31. The highest BCUT2D eigenvalue weighted by molar-refractivity contribution is 6.09. The smallest absolute Gasteiger partial charge is 0.271 e. The number of non-ortho nitro benzene ring substituents is 1. The lowest BCUT2D eigenvalue weighted by molar-refractivity contribution is -0.384. The number of hydrogen-bond acceptors (Lipinski definition) is 3. The van der Waals surface area contributed by atoms with Crippen LogP contribution in [-0.2, 0) is 0 Å². The molecular weight excluding hydrogens is 268 g/mol. The molecule has 0 bridgehead atoms. The summed E-state index contributed by atoms with van der Waals surface area (Å²) in [6.07, 6.45) is 5.50. The van der Waals surface area contributed by atoms with Crippen LogP contribution in [0.15, 0.2) is 24.4 Å². The zero-order valence-corrected chi connectivity index (χ0v) is 12.4. The number of nitrogens with one attached hydrogen (secondary N) is 1. The molecule has 0 saturated heterocycles. The normalized spacial score (nSPS) is 12.5. The van der Waals surface area contributed by atoms with Crippen LogP contribution in [0.2, 0.25) is 0 Å². The zero-order valence-electron chi connectivity index (χ0n) is 12.4. The third-order valence-electron chi connectivity index (χ3n) is 3.91. The average Bonchev–Trinajstić information content (AvgIpc) is 2.90. The minimum Gasteiger partial charge on any atom is -0.360 e. The molecule has 0 aliphatic rings. The second kappa shape index (κ2) is 6.52. The number of H-pyrrole nitrogens is 1. The van der Waals surface area contributed by atoms with Gasteiger partial charge in [-0.1, -0.05) is 26.7 Å². The Morgan fingerprint density at radius 2 is 2.14 bits per heavy atom. The molecule has 5 heteroatoms. The monoisotopic (exact) mass is 288 g/mol. The molecule has 1 heterocycles. The molecule has 0 aliphatic carbocycles. The van der Waals surface area contributed by atoms with E-state index in [-0.39, 0.29) is 17.4 Å². The summed E-state index contributed by atoms with van der Waals surface area (Å²) >= 11 is 0. The number of nitro benzene ring substituents is 1. The topological polar surface area (TPSA) is 76.0 Å². The molecule has 1 atom stereocenters. The number of Topliss-reactive ketones (excluding diaryl/α,β-unsaturated/α-hetero) is 1. The SMILES string of the molecule is CCCCC(CC)C(=O)c1c[nH]c2cc([N+](=O)[O-])ccc12. The van der Waals surface area contributed by atoms with Crippen LogP contribution in [0.25, 0.3) is 10.9 Å². The first-order valence-electron chi connectivity index (χ1n) is 7.38. The number of hydrogen-bond donors (Lipinski definition) is 1. The van der Waals surface area contributed by atoms with Gasteiger partial charge in [-0.05, 0) is 18.9 Å². The number of ketones is 1. The molecule has 0 radical (unpaired) electrons. The maximum absolute atomic E-state index is 12.6. The van der Waals surface area contributed by atoms with Crippen molar-refractivity contribution in [3.8, 4) is 0 Å². The van der Waals surface area contributed by atoms with Crippen LogP contribution in [0.3, 0.4) is 0 Å². The molecule has 0 spiro atoms. The van der Waals surface area contributed by atoms with Gasteiger partial charge in [0, 0.05) is 35.2 Å². The molecule has 1 unspecified atom stereocenters. The summed E-state index contributed by atoms with van der Waals surface area (Å²) in [4.78, 5) is 25.9. The Kier molecular flexibility index (Phi) is 4.73. The van der Waals surface area contributed by atoms with Crippen LogP contribution in [0, 0.1) is 16.0 Å². The third kappa shape index (κ3) is 3.12. The van der Waals surface area contributed by atoms with E-state index in [2.05, 4.69) is 11.9 Å². The van der Waals surface area contributed by atoms with E-state index in [1.54, 1.807) is 12.3 Å². The molecule has 0 aliphatic heterocycles. The van der Waals surface area contributed by atoms with Crippen LogP contribution in [-0.4, -0.2) is 15.7 Å². The Bertz CT molecular complexity index is 661. The van der Waals surface area contributed by atoms with E-state index in [0.29, 0.717) is 11.1 Å². The van der Waals surface area contributed by atoms with Crippen molar-refractivity contribution in [2.24, 2.45) is 5.92 Å². The summed E-state index contributed by atoms with van der Waals surface area (Å²) in [6, 6.07) is 4.57. The second-order valence-corrected chi connectivity index (χ2v) is 5.30. The number of rotatable bonds is 7. The predicted molar refractivity (Wildman–Crippen MR) is 82.6 cm³/mol. The van der Waals surface area contributed by atoms with Crippen LogP contribution >= 0.6 is 0 Å². The van der Waals surface area contributed by atoms with E-state index in [9.17, 15) is 14.9 Å². The molecule has 2 aromatic rings. The highest BCUT2D eigenvalue weighted by atomic mass is 16.6. The first-order valence-corrected chi connectivity index (χ1v) is 7.38. The van der Waals surface area contributed by atoms with Gasteiger partial charge in [0.25, 0.3) is 5.69 Å². The summed E-state index contributed by atoms with van der Waals surface area (Å²) in [5, 5.41) is 11.5. The number of benzene rings is 1. The lowest BCUT2D eigenvalue weighted by atomic mass is 9.90. The quantitative estimate of drug-likeness (QED) is 0.463. The van der Waals surface area contributed by atoms with Gasteiger partial charge in [-0.15, -0.1) is 0 Å². The Balaban J connectivity index is 2.33. The van der Waals surface area contributed by atoms with E-state index in [1.807, 2.05) is 6.92 Å². The van der Waals surface area contributed by atoms with Gasteiger partial charge in [-0.25, -0.2) is 0 Å². The Labute approximate surface area is 123 Å². The predicted octanol–water partition coefficient (Wildman–Crippen LogP) is 4.48. The van der Waals surface area contributed by atoms with E-state index in [0.717, 1.165) is 31.1 Å². The first-order chi connectivity index (χ1) is 10.1. The number of unbranched alkanes of at least 4 members (excludes halogenated alkanes) is 1. The van der Waals surface area contributed by atoms with Crippen molar-refractivity contribution in [3.05, 3.63) is 40.1 Å². The van der Waals surface area contributed by atoms with Gasteiger partial charge in [0.2, 0.25) is 0 Å². The van der Waals surface area contributed by atoms with E-state index >= 15 is 0 Å². The number of carbonyl (C=O) groups is 1. The molecule has 0 fully saturated rings. The minimum atomic E-state index is -0.433. The Hall–Kier alpha value is -2.17. The van der Waals surface area contributed by atoms with Crippen LogP contribution < -0.4 is 0 Å². The molecule has 0 saturated carbocycles. The van der Waals surface area contributed by atoms with E-state index in [1.165, 1.54) is 12.1 Å². The van der Waals surface area contributed by atoms with Crippen LogP contribution in [0.4, 0.5) is 5.69 Å². The summed E-state index contributed by atoms with van der Waals surface area (Å²) in [6.45, 7) is 4.14. The van der Waals surface area contributed by atoms with Crippen LogP contribution in [0.1, 0.15) is 49.9 Å². The number of nitrogens with zero attached hydrogens (tertiary/aromatic N) is 1. The fraction of sp³-hybridized carbons (Fsp3) is 0.438. The summed E-state index contributed by atoms with van der Waals surface area (Å²) in [7, 11) is 0. The number of fused-ring (bicyclic) bond motifs is 1. The minimum absolute atomic E-state index is 0.0270. The molecule has 112 valence electrons. The highest BCUT2D eigenvalue weighted by Gasteiger charge is 2.21. The molecular formula is C16H20N2O3. The highest BCUT2D eigenvalue weighted by Crippen LogP contribution is 2.27.